The van der Waals surface area contributed by atoms with Crippen LogP contribution in [0.2, 0.25) is 0 Å². The molecule has 0 heterocycles. The molecule has 0 saturated carbocycles. The average Bonchev–Trinajstić information content (AvgIpc) is 2.35. The topological polar surface area (TPSA) is 201 Å². The molecule has 128 valence electrons. The summed E-state index contributed by atoms with van der Waals surface area (Å²) in [5.41, 5.74) is -2.47. The van der Waals surface area contributed by atoms with Gasteiger partial charge in [0.05, 0.1) is 5.92 Å². The van der Waals surface area contributed by atoms with E-state index in [4.69, 9.17) is 25.5 Å². The Balaban J connectivity index is -0.000000315. The summed E-state index contributed by atoms with van der Waals surface area (Å²) in [5.74, 6) is -6.58. The predicted molar refractivity (Wildman–Crippen MR) is 72.3 cm³/mol. The molecule has 0 amide bonds. The van der Waals surface area contributed by atoms with Crippen LogP contribution >= 0.6 is 0 Å². The Labute approximate surface area is 125 Å². The number of hydrogen-bond acceptors (Lipinski definition) is 5. The number of aliphatic carboxylic acids is 4. The molecule has 0 aliphatic carbocycles. The highest BCUT2D eigenvalue weighted by Crippen LogP contribution is 2.16. The van der Waals surface area contributed by atoms with Crippen LogP contribution in [0.1, 0.15) is 27.7 Å². The fourth-order valence-electron chi connectivity index (χ4n) is 0.746. The van der Waals surface area contributed by atoms with Crippen LogP contribution in [0.5, 0.6) is 0 Å². The zero-order valence-corrected chi connectivity index (χ0v) is 12.4. The molecule has 0 spiro atoms. The summed E-state index contributed by atoms with van der Waals surface area (Å²) in [6.07, 6.45) is 0. The molecule has 10 heteroatoms. The minimum absolute atomic E-state index is 0. The van der Waals surface area contributed by atoms with Crippen molar-refractivity contribution in [1.29, 1.82) is 0 Å². The van der Waals surface area contributed by atoms with Crippen LogP contribution in [0.4, 0.5) is 0 Å². The van der Waals surface area contributed by atoms with Crippen molar-refractivity contribution in [3.05, 3.63) is 11.1 Å². The van der Waals surface area contributed by atoms with Crippen LogP contribution in [0, 0.1) is 5.92 Å². The van der Waals surface area contributed by atoms with Crippen LogP contribution in [-0.4, -0.2) is 60.5 Å². The van der Waals surface area contributed by atoms with E-state index >= 15 is 0 Å². The van der Waals surface area contributed by atoms with Gasteiger partial charge in [-0.25, -0.2) is 14.4 Å². The van der Waals surface area contributed by atoms with Crippen molar-refractivity contribution in [3.8, 4) is 0 Å². The van der Waals surface area contributed by atoms with Gasteiger partial charge in [0.2, 0.25) is 0 Å². The Hall–Kier alpha value is -2.46. The molecule has 2 atom stereocenters. The quantitative estimate of drug-likeness (QED) is 0.401. The molecule has 7 N–H and O–H groups in total. The number of aliphatic hydroxyl groups is 1. The number of rotatable bonds is 5. The number of carboxylic acid groups (broad SMARTS) is 4. The van der Waals surface area contributed by atoms with Gasteiger partial charge in [-0.1, -0.05) is 0 Å². The van der Waals surface area contributed by atoms with E-state index in [1.807, 2.05) is 0 Å². The smallest absolute Gasteiger partial charge is 0.336 e. The number of carboxylic acids is 4. The minimum Gasteiger partial charge on any atom is -0.481 e. The molecular formula is C12H20O10. The highest BCUT2D eigenvalue weighted by atomic mass is 16.4. The van der Waals surface area contributed by atoms with Gasteiger partial charge in [0.25, 0.3) is 0 Å². The zero-order chi connectivity index (χ0) is 17.5. The van der Waals surface area contributed by atoms with Crippen molar-refractivity contribution in [2.75, 3.05) is 0 Å². The van der Waals surface area contributed by atoms with Gasteiger partial charge in [0.1, 0.15) is 0 Å². The SMILES string of the molecule is C/C(C(=O)O)=C(\C)C(=O)O.C[C@H](C(=O)O)[C@](C)(O)C(=O)O.O. The fraction of sp³-hybridized carbons (Fsp3) is 0.500. The third-order valence-corrected chi connectivity index (χ3v) is 2.85. The molecule has 0 aliphatic heterocycles. The Morgan fingerprint density at radius 2 is 1.14 bits per heavy atom. The lowest BCUT2D eigenvalue weighted by atomic mass is 9.91. The zero-order valence-electron chi connectivity index (χ0n) is 12.4. The summed E-state index contributed by atoms with van der Waals surface area (Å²) in [7, 11) is 0. The van der Waals surface area contributed by atoms with E-state index < -0.39 is 35.4 Å². The van der Waals surface area contributed by atoms with Crippen molar-refractivity contribution in [1.82, 2.24) is 0 Å². The van der Waals surface area contributed by atoms with E-state index in [0.29, 0.717) is 0 Å². The molecule has 0 saturated heterocycles. The third kappa shape index (κ3) is 7.36. The monoisotopic (exact) mass is 324 g/mol. The summed E-state index contributed by atoms with van der Waals surface area (Å²) in [5, 5.41) is 42.3. The maximum Gasteiger partial charge on any atom is 0.336 e. The van der Waals surface area contributed by atoms with E-state index in [9.17, 15) is 19.2 Å². The predicted octanol–water partition coefficient (Wildman–Crippen LogP) is -0.790. The summed E-state index contributed by atoms with van der Waals surface area (Å²) in [4.78, 5) is 40.7. The second-order valence-electron chi connectivity index (χ2n) is 4.37. The van der Waals surface area contributed by atoms with Gasteiger partial charge in [-0.05, 0) is 27.7 Å². The van der Waals surface area contributed by atoms with Crippen LogP contribution in [0.15, 0.2) is 11.1 Å². The van der Waals surface area contributed by atoms with Crippen LogP contribution in [0.3, 0.4) is 0 Å². The molecule has 0 rings (SSSR count). The Bertz CT molecular complexity index is 452. The molecule has 0 radical (unpaired) electrons. The Morgan fingerprint density at radius 3 is 1.23 bits per heavy atom. The standard InChI is InChI=1S/C6H10O5.C6H8O4.H2O/c1-3(4(7)8)6(2,11)5(9)10;1-3(5(7)8)4(2)6(9)10;/h3,11H,1-2H3,(H,7,8)(H,9,10);1-2H3,(H,7,8)(H,9,10);1H2/b;4-3-;/t3-,6+;;/m1../s1. The third-order valence-electron chi connectivity index (χ3n) is 2.85. The van der Waals surface area contributed by atoms with Crippen molar-refractivity contribution in [2.45, 2.75) is 33.3 Å². The maximum absolute atomic E-state index is 10.3. The molecule has 0 aliphatic rings. The van der Waals surface area contributed by atoms with Gasteiger partial charge < -0.3 is 31.0 Å². The van der Waals surface area contributed by atoms with E-state index in [1.54, 1.807) is 0 Å². The van der Waals surface area contributed by atoms with Gasteiger partial charge in [-0.3, -0.25) is 4.79 Å². The van der Waals surface area contributed by atoms with Gasteiger partial charge >= 0.3 is 23.9 Å². The summed E-state index contributed by atoms with van der Waals surface area (Å²) in [6.45, 7) is 4.60. The molecule has 0 bridgehead atoms. The first-order valence-corrected chi connectivity index (χ1v) is 5.59. The van der Waals surface area contributed by atoms with Crippen molar-refractivity contribution < 1.29 is 50.2 Å². The summed E-state index contributed by atoms with van der Waals surface area (Å²) >= 11 is 0. The molecular weight excluding hydrogens is 304 g/mol. The molecule has 0 aromatic carbocycles. The second-order valence-corrected chi connectivity index (χ2v) is 4.37. The van der Waals surface area contributed by atoms with Crippen molar-refractivity contribution >= 4 is 23.9 Å². The van der Waals surface area contributed by atoms with Gasteiger partial charge in [-0.15, -0.1) is 0 Å². The van der Waals surface area contributed by atoms with Crippen LogP contribution in [-0.2, 0) is 19.2 Å². The maximum atomic E-state index is 10.3. The molecule has 0 aromatic heterocycles. The average molecular weight is 324 g/mol. The second kappa shape index (κ2) is 9.47. The Kier molecular flexibility index (Phi) is 10.6. The van der Waals surface area contributed by atoms with E-state index in [0.717, 1.165) is 13.8 Å². The van der Waals surface area contributed by atoms with Crippen molar-refractivity contribution in [3.63, 3.8) is 0 Å². The van der Waals surface area contributed by atoms with Crippen LogP contribution in [0.25, 0.3) is 0 Å². The number of hydrogen-bond donors (Lipinski definition) is 5. The van der Waals surface area contributed by atoms with Crippen molar-refractivity contribution in [2.24, 2.45) is 5.92 Å². The lowest BCUT2D eigenvalue weighted by Gasteiger charge is -2.21. The van der Waals surface area contributed by atoms with E-state index in [-0.39, 0.29) is 16.6 Å². The number of carbonyl (C=O) groups is 4. The summed E-state index contributed by atoms with van der Waals surface area (Å²) in [6, 6.07) is 0. The van der Waals surface area contributed by atoms with E-state index in [2.05, 4.69) is 0 Å². The Morgan fingerprint density at radius 1 is 0.864 bits per heavy atom. The van der Waals surface area contributed by atoms with E-state index in [1.165, 1.54) is 13.8 Å². The normalized spacial score (nSPS) is 14.8. The lowest BCUT2D eigenvalue weighted by molar-refractivity contribution is -0.170. The highest BCUT2D eigenvalue weighted by Gasteiger charge is 2.40. The minimum atomic E-state index is -2.20. The fourth-order valence-corrected chi connectivity index (χ4v) is 0.746. The van der Waals surface area contributed by atoms with Gasteiger partial charge in [0.15, 0.2) is 5.60 Å². The van der Waals surface area contributed by atoms with Crippen LogP contribution < -0.4 is 0 Å². The molecule has 22 heavy (non-hydrogen) atoms. The molecule has 10 nitrogen and oxygen atoms in total. The summed E-state index contributed by atoms with van der Waals surface area (Å²) < 4.78 is 0. The first-order valence-electron chi connectivity index (χ1n) is 5.59. The lowest BCUT2D eigenvalue weighted by Crippen LogP contribution is -2.45. The highest BCUT2D eigenvalue weighted by molar-refractivity contribution is 5.97. The largest absolute Gasteiger partial charge is 0.481 e. The molecule has 0 unspecified atom stereocenters. The van der Waals surface area contributed by atoms with Gasteiger partial charge in [0, 0.05) is 11.1 Å². The molecule has 0 fully saturated rings. The van der Waals surface area contributed by atoms with Gasteiger partial charge in [-0.2, -0.15) is 0 Å². The molecule has 0 aromatic rings. The first-order chi connectivity index (χ1) is 9.26. The first kappa shape index (κ1) is 24.6.